The van der Waals surface area contributed by atoms with Crippen molar-refractivity contribution in [2.24, 2.45) is 0 Å². The molecule has 1 saturated carbocycles. The summed E-state index contributed by atoms with van der Waals surface area (Å²) in [6.45, 7) is 6.98. The number of hydrogen-bond acceptors (Lipinski definition) is 3. The lowest BCUT2D eigenvalue weighted by Gasteiger charge is -2.20. The molecule has 2 rings (SSSR count). The van der Waals surface area contributed by atoms with Gasteiger partial charge in [0.25, 0.3) is 0 Å². The fraction of sp³-hybridized carbons (Fsp3) is 0.500. The van der Waals surface area contributed by atoms with Gasteiger partial charge in [-0.3, -0.25) is 10.1 Å². The van der Waals surface area contributed by atoms with Gasteiger partial charge in [-0.1, -0.05) is 11.6 Å². The molecule has 0 aromatic heterocycles. The van der Waals surface area contributed by atoms with Gasteiger partial charge in [0.15, 0.2) is 0 Å². The second-order valence-electron chi connectivity index (χ2n) is 6.46. The number of halogens is 1. The normalized spacial score (nSPS) is 16.2. The van der Waals surface area contributed by atoms with Crippen molar-refractivity contribution in [1.82, 2.24) is 0 Å². The quantitative estimate of drug-likeness (QED) is 0.905. The first-order valence-electron chi connectivity index (χ1n) is 6.95. The second kappa shape index (κ2) is 5.34. The van der Waals surface area contributed by atoms with Crippen LogP contribution in [0.2, 0.25) is 5.02 Å². The summed E-state index contributed by atoms with van der Waals surface area (Å²) in [6.07, 6.45) is 1.08. The first kappa shape index (κ1) is 15.8. The standard InChI is InChI=1S/C16H20ClNO3/c1-10(19)16(7-8-16)12-9-11(5-6-13(12)17)18-14(20)21-15(2,3)4/h5-6,9H,7-8H2,1-4H3,(H,18,20). The van der Waals surface area contributed by atoms with Crippen LogP contribution in [0.15, 0.2) is 18.2 Å². The number of carbonyl (C=O) groups excluding carboxylic acids is 2. The highest BCUT2D eigenvalue weighted by molar-refractivity contribution is 6.32. The van der Waals surface area contributed by atoms with E-state index in [1.165, 1.54) is 0 Å². The Kier molecular flexibility index (Phi) is 4.02. The molecular formula is C16H20ClNO3. The largest absolute Gasteiger partial charge is 0.444 e. The van der Waals surface area contributed by atoms with Crippen LogP contribution >= 0.6 is 11.6 Å². The monoisotopic (exact) mass is 309 g/mol. The highest BCUT2D eigenvalue weighted by Crippen LogP contribution is 2.51. The van der Waals surface area contributed by atoms with E-state index in [4.69, 9.17) is 16.3 Å². The van der Waals surface area contributed by atoms with Crippen LogP contribution in [0, 0.1) is 0 Å². The zero-order valence-electron chi connectivity index (χ0n) is 12.7. The van der Waals surface area contributed by atoms with Crippen molar-refractivity contribution in [3.63, 3.8) is 0 Å². The summed E-state index contributed by atoms with van der Waals surface area (Å²) in [6, 6.07) is 5.17. The number of amides is 1. The van der Waals surface area contributed by atoms with E-state index in [-0.39, 0.29) is 5.78 Å². The van der Waals surface area contributed by atoms with E-state index in [1.54, 1.807) is 45.9 Å². The Hall–Kier alpha value is -1.55. The third kappa shape index (κ3) is 3.56. The summed E-state index contributed by atoms with van der Waals surface area (Å²) in [7, 11) is 0. The Balaban J connectivity index is 2.20. The highest BCUT2D eigenvalue weighted by atomic mass is 35.5. The third-order valence-electron chi connectivity index (χ3n) is 3.55. The van der Waals surface area contributed by atoms with Crippen LogP contribution in [-0.2, 0) is 14.9 Å². The molecule has 4 nitrogen and oxygen atoms in total. The molecule has 0 bridgehead atoms. The van der Waals surface area contributed by atoms with Crippen LogP contribution in [0.1, 0.15) is 46.1 Å². The Bertz CT molecular complexity index is 586. The molecule has 0 unspecified atom stereocenters. The van der Waals surface area contributed by atoms with E-state index in [2.05, 4.69) is 5.32 Å². The maximum Gasteiger partial charge on any atom is 0.412 e. The number of rotatable bonds is 3. The van der Waals surface area contributed by atoms with Crippen molar-refractivity contribution in [2.75, 3.05) is 5.32 Å². The molecule has 1 fully saturated rings. The van der Waals surface area contributed by atoms with Crippen molar-refractivity contribution in [3.05, 3.63) is 28.8 Å². The van der Waals surface area contributed by atoms with Crippen molar-refractivity contribution in [2.45, 2.75) is 51.6 Å². The third-order valence-corrected chi connectivity index (χ3v) is 3.88. The van der Waals surface area contributed by atoms with Crippen molar-refractivity contribution in [1.29, 1.82) is 0 Å². The van der Waals surface area contributed by atoms with Gasteiger partial charge in [-0.05, 0) is 64.3 Å². The number of nitrogens with one attached hydrogen (secondary N) is 1. The van der Waals surface area contributed by atoms with Gasteiger partial charge in [0.05, 0.1) is 5.41 Å². The minimum atomic E-state index is -0.559. The number of anilines is 1. The van der Waals surface area contributed by atoms with Crippen LogP contribution in [-0.4, -0.2) is 17.5 Å². The molecule has 0 spiro atoms. The predicted octanol–water partition coefficient (Wildman–Crippen LogP) is 4.31. The molecule has 0 saturated heterocycles. The molecule has 5 heteroatoms. The molecule has 0 aliphatic heterocycles. The number of hydrogen-bond donors (Lipinski definition) is 1. The number of benzene rings is 1. The van der Waals surface area contributed by atoms with E-state index in [9.17, 15) is 9.59 Å². The molecule has 21 heavy (non-hydrogen) atoms. The van der Waals surface area contributed by atoms with Gasteiger partial charge < -0.3 is 4.74 Å². The summed E-state index contributed by atoms with van der Waals surface area (Å²) < 4.78 is 5.21. The number of ketones is 1. The van der Waals surface area contributed by atoms with Gasteiger partial charge in [0.1, 0.15) is 11.4 Å². The van der Waals surface area contributed by atoms with Gasteiger partial charge in [0.2, 0.25) is 0 Å². The topological polar surface area (TPSA) is 55.4 Å². The summed E-state index contributed by atoms with van der Waals surface area (Å²) in [4.78, 5) is 23.6. The first-order valence-corrected chi connectivity index (χ1v) is 7.33. The second-order valence-corrected chi connectivity index (χ2v) is 6.87. The van der Waals surface area contributed by atoms with E-state index in [1.807, 2.05) is 0 Å². The smallest absolute Gasteiger partial charge is 0.412 e. The minimum Gasteiger partial charge on any atom is -0.444 e. The van der Waals surface area contributed by atoms with E-state index < -0.39 is 17.1 Å². The fourth-order valence-corrected chi connectivity index (χ4v) is 2.63. The Labute approximate surface area is 129 Å². The van der Waals surface area contributed by atoms with Gasteiger partial charge in [0, 0.05) is 10.7 Å². The number of Topliss-reactive ketones (excluding diaryl/α,β-unsaturated/α-hetero) is 1. The van der Waals surface area contributed by atoms with Crippen molar-refractivity contribution < 1.29 is 14.3 Å². The Morgan fingerprint density at radius 2 is 1.90 bits per heavy atom. The maximum atomic E-state index is 11.8. The molecule has 1 aromatic rings. The van der Waals surface area contributed by atoms with Crippen molar-refractivity contribution >= 4 is 29.2 Å². The van der Waals surface area contributed by atoms with E-state index in [0.717, 1.165) is 18.4 Å². The lowest BCUT2D eigenvalue weighted by Crippen LogP contribution is -2.27. The molecule has 1 N–H and O–H groups in total. The van der Waals surface area contributed by atoms with Crippen molar-refractivity contribution in [3.8, 4) is 0 Å². The average molecular weight is 310 g/mol. The van der Waals surface area contributed by atoms with Gasteiger partial charge >= 0.3 is 6.09 Å². The van der Waals surface area contributed by atoms with Crippen LogP contribution in [0.4, 0.5) is 10.5 Å². The summed E-state index contributed by atoms with van der Waals surface area (Å²) >= 11 is 6.21. The molecule has 0 radical (unpaired) electrons. The fourth-order valence-electron chi connectivity index (χ4n) is 2.33. The average Bonchev–Trinajstić information content (AvgIpc) is 3.10. The van der Waals surface area contributed by atoms with Gasteiger partial charge in [-0.2, -0.15) is 0 Å². The maximum absolute atomic E-state index is 11.8. The molecule has 0 heterocycles. The summed E-state index contributed by atoms with van der Waals surface area (Å²) in [5, 5.41) is 3.23. The molecular weight excluding hydrogens is 290 g/mol. The number of carbonyl (C=O) groups is 2. The molecule has 0 atom stereocenters. The van der Waals surface area contributed by atoms with E-state index in [0.29, 0.717) is 10.7 Å². The molecule has 114 valence electrons. The lowest BCUT2D eigenvalue weighted by atomic mass is 9.91. The molecule has 1 aliphatic carbocycles. The molecule has 1 aliphatic rings. The minimum absolute atomic E-state index is 0.110. The van der Waals surface area contributed by atoms with Crippen LogP contribution in [0.3, 0.4) is 0 Å². The van der Waals surface area contributed by atoms with Crippen LogP contribution < -0.4 is 5.32 Å². The zero-order valence-corrected chi connectivity index (χ0v) is 13.5. The van der Waals surface area contributed by atoms with E-state index >= 15 is 0 Å². The Morgan fingerprint density at radius 1 is 1.29 bits per heavy atom. The van der Waals surface area contributed by atoms with Gasteiger partial charge in [-0.15, -0.1) is 0 Å². The Morgan fingerprint density at radius 3 is 2.38 bits per heavy atom. The predicted molar refractivity (Wildman–Crippen MR) is 82.9 cm³/mol. The zero-order chi connectivity index (χ0) is 15.8. The first-order chi connectivity index (χ1) is 9.64. The van der Waals surface area contributed by atoms with Crippen LogP contribution in [0.5, 0.6) is 0 Å². The van der Waals surface area contributed by atoms with Crippen LogP contribution in [0.25, 0.3) is 0 Å². The SMILES string of the molecule is CC(=O)C1(c2cc(NC(=O)OC(C)(C)C)ccc2Cl)CC1. The molecule has 1 aromatic carbocycles. The molecule has 1 amide bonds. The summed E-state index contributed by atoms with van der Waals surface area (Å²) in [5.74, 6) is 0.110. The highest BCUT2D eigenvalue weighted by Gasteiger charge is 2.50. The number of ether oxygens (including phenoxy) is 1. The van der Waals surface area contributed by atoms with Gasteiger partial charge in [-0.25, -0.2) is 4.79 Å². The summed E-state index contributed by atoms with van der Waals surface area (Å²) in [5.41, 5.74) is 0.334. The lowest BCUT2D eigenvalue weighted by molar-refractivity contribution is -0.119.